The average Bonchev–Trinajstić information content (AvgIpc) is 3.33. The molecule has 1 amide bonds. The standard InChI is InChI=1S/C26H37NOS.C2H2/c1-6-10-21(7-2)19-20(3)27(4)26(28)25(18-13-22-11-8-9-12-22)23-14-16-24(29-5)17-15-23;1-2/h6-7,10,14-17,20,22,25H,1-2,8-9,11-13,18-19H2,3-5H3;1-2H/b21-10+;/t20-,25-;/m1./s1. The number of rotatable bonds is 11. The quantitative estimate of drug-likeness (QED) is 0.206. The van der Waals surface area contributed by atoms with Crippen molar-refractivity contribution in [2.24, 2.45) is 5.92 Å². The molecule has 1 aromatic carbocycles. The molecule has 0 aliphatic heterocycles. The van der Waals surface area contributed by atoms with Gasteiger partial charge in [-0.3, -0.25) is 4.79 Å². The molecule has 2 nitrogen and oxygen atoms in total. The molecule has 1 aromatic rings. The molecular formula is C28H39NOS. The molecule has 1 aliphatic rings. The maximum absolute atomic E-state index is 13.5. The largest absolute Gasteiger partial charge is 0.342 e. The van der Waals surface area contributed by atoms with Crippen LogP contribution in [0.4, 0.5) is 0 Å². The highest BCUT2D eigenvalue weighted by Crippen LogP contribution is 2.34. The van der Waals surface area contributed by atoms with E-state index in [0.29, 0.717) is 0 Å². The van der Waals surface area contributed by atoms with Crippen molar-refractivity contribution in [3.8, 4) is 12.8 Å². The Morgan fingerprint density at radius 3 is 2.35 bits per heavy atom. The van der Waals surface area contributed by atoms with Gasteiger partial charge in [0, 0.05) is 18.0 Å². The smallest absolute Gasteiger partial charge is 0.230 e. The Kier molecular flexibility index (Phi) is 12.8. The lowest BCUT2D eigenvalue weighted by Gasteiger charge is -2.30. The van der Waals surface area contributed by atoms with Gasteiger partial charge in [0.2, 0.25) is 5.91 Å². The minimum absolute atomic E-state index is 0.0606. The van der Waals surface area contributed by atoms with Crippen molar-refractivity contribution in [1.29, 1.82) is 0 Å². The lowest BCUT2D eigenvalue weighted by Crippen LogP contribution is -2.38. The Bertz CT molecular complexity index is 740. The van der Waals surface area contributed by atoms with Crippen molar-refractivity contribution in [3.63, 3.8) is 0 Å². The zero-order valence-electron chi connectivity index (χ0n) is 19.6. The van der Waals surface area contributed by atoms with Crippen LogP contribution < -0.4 is 0 Å². The minimum atomic E-state index is -0.0606. The van der Waals surface area contributed by atoms with Gasteiger partial charge in [-0.05, 0) is 61.6 Å². The zero-order valence-corrected chi connectivity index (χ0v) is 20.4. The van der Waals surface area contributed by atoms with Gasteiger partial charge < -0.3 is 4.90 Å². The molecule has 2 rings (SSSR count). The van der Waals surface area contributed by atoms with E-state index < -0.39 is 0 Å². The zero-order chi connectivity index (χ0) is 23.2. The summed E-state index contributed by atoms with van der Waals surface area (Å²) >= 11 is 1.74. The van der Waals surface area contributed by atoms with Gasteiger partial charge >= 0.3 is 0 Å². The lowest BCUT2D eigenvalue weighted by molar-refractivity contribution is -0.133. The van der Waals surface area contributed by atoms with E-state index >= 15 is 0 Å². The van der Waals surface area contributed by atoms with E-state index in [4.69, 9.17) is 0 Å². The fourth-order valence-corrected chi connectivity index (χ4v) is 4.69. The molecule has 168 valence electrons. The van der Waals surface area contributed by atoms with Crippen molar-refractivity contribution in [1.82, 2.24) is 4.90 Å². The van der Waals surface area contributed by atoms with Crippen LogP contribution in [0.25, 0.3) is 0 Å². The number of carbonyl (C=O) groups excluding carboxylic acids is 1. The first-order valence-corrected chi connectivity index (χ1v) is 12.4. The number of nitrogens with zero attached hydrogens (tertiary/aromatic N) is 1. The predicted octanol–water partition coefficient (Wildman–Crippen LogP) is 7.25. The number of benzene rings is 1. The van der Waals surface area contributed by atoms with Crippen LogP contribution >= 0.6 is 11.8 Å². The van der Waals surface area contributed by atoms with Crippen LogP contribution in [0.3, 0.4) is 0 Å². The fourth-order valence-electron chi connectivity index (χ4n) is 4.28. The summed E-state index contributed by atoms with van der Waals surface area (Å²) in [4.78, 5) is 16.7. The number of hydrogen-bond donors (Lipinski definition) is 0. The normalized spacial score (nSPS) is 16.0. The third-order valence-electron chi connectivity index (χ3n) is 6.29. The molecule has 1 saturated carbocycles. The number of likely N-dealkylation sites (N-methyl/N-ethyl adjacent to an activating group) is 1. The SMILES string of the molecule is C#C.C=C/C=C(\C=C)C[C@@H](C)N(C)C(=O)[C@H](CCC1CCCC1)c1ccc(SC)cc1. The maximum atomic E-state index is 13.5. The monoisotopic (exact) mass is 437 g/mol. The molecule has 0 N–H and O–H groups in total. The minimum Gasteiger partial charge on any atom is -0.342 e. The molecule has 2 atom stereocenters. The van der Waals surface area contributed by atoms with Crippen molar-refractivity contribution in [2.75, 3.05) is 13.3 Å². The van der Waals surface area contributed by atoms with E-state index in [2.05, 4.69) is 63.4 Å². The molecule has 1 fully saturated rings. The summed E-state index contributed by atoms with van der Waals surface area (Å²) in [5, 5.41) is 0. The molecule has 0 heterocycles. The Morgan fingerprint density at radius 1 is 1.23 bits per heavy atom. The summed E-state index contributed by atoms with van der Waals surface area (Å²) in [5.41, 5.74) is 2.26. The maximum Gasteiger partial charge on any atom is 0.230 e. The number of hydrogen-bond acceptors (Lipinski definition) is 2. The lowest BCUT2D eigenvalue weighted by atomic mass is 9.88. The molecule has 3 heteroatoms. The van der Waals surface area contributed by atoms with Gasteiger partial charge in [-0.25, -0.2) is 0 Å². The molecule has 0 aromatic heterocycles. The first kappa shape index (κ1) is 26.9. The van der Waals surface area contributed by atoms with E-state index in [1.165, 1.54) is 30.6 Å². The Labute approximate surface area is 194 Å². The average molecular weight is 438 g/mol. The summed E-state index contributed by atoms with van der Waals surface area (Å²) in [6.07, 6.45) is 23.9. The van der Waals surface area contributed by atoms with Crippen molar-refractivity contribution in [3.05, 3.63) is 66.8 Å². The third kappa shape index (κ3) is 8.46. The van der Waals surface area contributed by atoms with Crippen molar-refractivity contribution in [2.45, 2.75) is 68.7 Å². The predicted molar refractivity (Wildman–Crippen MR) is 137 cm³/mol. The topological polar surface area (TPSA) is 20.3 Å². The fraction of sp³-hybridized carbons (Fsp3) is 0.464. The molecule has 1 aliphatic carbocycles. The summed E-state index contributed by atoms with van der Waals surface area (Å²) in [5.74, 6) is 0.963. The van der Waals surface area contributed by atoms with E-state index in [1.807, 2.05) is 24.1 Å². The summed E-state index contributed by atoms with van der Waals surface area (Å²) in [7, 11) is 1.94. The van der Waals surface area contributed by atoms with Crippen molar-refractivity contribution < 1.29 is 4.79 Å². The second kappa shape index (κ2) is 14.8. The molecule has 0 radical (unpaired) electrons. The summed E-state index contributed by atoms with van der Waals surface area (Å²) in [6, 6.07) is 8.69. The van der Waals surface area contributed by atoms with Crippen LogP contribution in [0.1, 0.15) is 63.4 Å². The molecular weight excluding hydrogens is 398 g/mol. The van der Waals surface area contributed by atoms with Crippen LogP contribution in [0.15, 0.2) is 66.1 Å². The van der Waals surface area contributed by atoms with E-state index in [0.717, 1.165) is 36.3 Å². The van der Waals surface area contributed by atoms with E-state index in [9.17, 15) is 4.79 Å². The highest BCUT2D eigenvalue weighted by Gasteiger charge is 2.28. The van der Waals surface area contributed by atoms with Crippen molar-refractivity contribution >= 4 is 17.7 Å². The van der Waals surface area contributed by atoms with Crippen LogP contribution in [0, 0.1) is 18.8 Å². The van der Waals surface area contributed by atoms with Gasteiger partial charge in [-0.15, -0.1) is 24.6 Å². The third-order valence-corrected chi connectivity index (χ3v) is 7.03. The van der Waals surface area contributed by atoms with Crippen LogP contribution in [-0.4, -0.2) is 30.2 Å². The number of terminal acetylenes is 1. The number of thioether (sulfide) groups is 1. The molecule has 0 bridgehead atoms. The van der Waals surface area contributed by atoms with Gasteiger partial charge in [0.15, 0.2) is 0 Å². The van der Waals surface area contributed by atoms with Crippen LogP contribution in [0.2, 0.25) is 0 Å². The van der Waals surface area contributed by atoms with Gasteiger partial charge in [-0.2, -0.15) is 0 Å². The summed E-state index contributed by atoms with van der Waals surface area (Å²) in [6.45, 7) is 9.78. The molecule has 0 saturated heterocycles. The number of amides is 1. The number of carbonyl (C=O) groups is 1. The Morgan fingerprint density at radius 2 is 1.84 bits per heavy atom. The second-order valence-corrected chi connectivity index (χ2v) is 9.12. The highest BCUT2D eigenvalue weighted by molar-refractivity contribution is 7.98. The Balaban J connectivity index is 0.00000233. The highest BCUT2D eigenvalue weighted by atomic mass is 32.2. The van der Waals surface area contributed by atoms with Crippen LogP contribution in [0.5, 0.6) is 0 Å². The first-order chi connectivity index (χ1) is 15.0. The number of allylic oxidation sites excluding steroid dienone is 3. The molecule has 31 heavy (non-hydrogen) atoms. The van der Waals surface area contributed by atoms with Gasteiger partial charge in [0.25, 0.3) is 0 Å². The van der Waals surface area contributed by atoms with E-state index in [-0.39, 0.29) is 17.9 Å². The van der Waals surface area contributed by atoms with Crippen LogP contribution in [-0.2, 0) is 4.79 Å². The molecule has 0 spiro atoms. The van der Waals surface area contributed by atoms with Gasteiger partial charge in [-0.1, -0.05) is 69.2 Å². The first-order valence-electron chi connectivity index (χ1n) is 11.2. The Hall–Kier alpha value is -2.18. The molecule has 0 unspecified atom stereocenters. The van der Waals surface area contributed by atoms with Gasteiger partial charge in [0.1, 0.15) is 0 Å². The second-order valence-electron chi connectivity index (χ2n) is 8.24. The van der Waals surface area contributed by atoms with Gasteiger partial charge in [0.05, 0.1) is 5.92 Å². The summed E-state index contributed by atoms with van der Waals surface area (Å²) < 4.78 is 0. The van der Waals surface area contributed by atoms with E-state index in [1.54, 1.807) is 17.8 Å².